The van der Waals surface area contributed by atoms with E-state index in [1.165, 1.54) is 22.3 Å². The molecule has 1 nitrogen and oxygen atoms in total. The summed E-state index contributed by atoms with van der Waals surface area (Å²) in [6.07, 6.45) is 1.97. The zero-order valence-electron chi connectivity index (χ0n) is 8.89. The Balaban J connectivity index is 2.89. The van der Waals surface area contributed by atoms with Crippen LogP contribution >= 0.6 is 22.6 Å². The van der Waals surface area contributed by atoms with Crippen molar-refractivity contribution < 1.29 is 0 Å². The molecule has 0 fully saturated rings. The van der Waals surface area contributed by atoms with Gasteiger partial charge in [0.2, 0.25) is 0 Å². The first-order chi connectivity index (χ1) is 6.66. The molecule has 0 aliphatic carbocycles. The zero-order chi connectivity index (χ0) is 10.6. The first kappa shape index (κ1) is 11.6. The smallest absolute Gasteiger partial charge is 0.0400 e. The van der Waals surface area contributed by atoms with Gasteiger partial charge in [0.05, 0.1) is 0 Å². The van der Waals surface area contributed by atoms with Gasteiger partial charge in [-0.2, -0.15) is 0 Å². The highest BCUT2D eigenvalue weighted by Gasteiger charge is 2.03. The average molecular weight is 301 g/mol. The first-order valence-electron chi connectivity index (χ1n) is 4.71. The predicted molar refractivity (Wildman–Crippen MR) is 70.7 cm³/mol. The van der Waals surface area contributed by atoms with Gasteiger partial charge in [0.25, 0.3) is 0 Å². The highest BCUT2D eigenvalue weighted by Crippen LogP contribution is 2.17. The van der Waals surface area contributed by atoms with Gasteiger partial charge in [-0.15, -0.1) is 0 Å². The van der Waals surface area contributed by atoms with E-state index in [9.17, 15) is 0 Å². The minimum atomic E-state index is 0.916. The van der Waals surface area contributed by atoms with Crippen LogP contribution in [0, 0.1) is 20.8 Å². The van der Waals surface area contributed by atoms with Gasteiger partial charge in [-0.25, -0.2) is 0 Å². The Labute approximate surface area is 99.7 Å². The summed E-state index contributed by atoms with van der Waals surface area (Å²) >= 11 is 2.21. The normalized spacial score (nSPS) is 10.9. The van der Waals surface area contributed by atoms with E-state index in [2.05, 4.69) is 60.8 Å². The molecule has 0 atom stereocenters. The first-order valence-corrected chi connectivity index (χ1v) is 5.95. The Morgan fingerprint density at radius 3 is 2.50 bits per heavy atom. The van der Waals surface area contributed by atoms with Crippen molar-refractivity contribution in [3.05, 3.63) is 44.7 Å². The summed E-state index contributed by atoms with van der Waals surface area (Å²) in [4.78, 5) is 0. The fourth-order valence-corrected chi connectivity index (χ4v) is 1.74. The topological polar surface area (TPSA) is 12.0 Å². The molecule has 0 unspecified atom stereocenters. The van der Waals surface area contributed by atoms with Crippen LogP contribution in [-0.4, -0.2) is 0 Å². The number of nitrogens with one attached hydrogen (secondary N) is 1. The van der Waals surface area contributed by atoms with Crippen molar-refractivity contribution in [1.29, 1.82) is 0 Å². The molecule has 1 N–H and O–H groups in total. The van der Waals surface area contributed by atoms with E-state index in [1.807, 2.05) is 10.3 Å². The van der Waals surface area contributed by atoms with E-state index in [4.69, 9.17) is 0 Å². The lowest BCUT2D eigenvalue weighted by molar-refractivity contribution is 0.854. The van der Waals surface area contributed by atoms with Gasteiger partial charge >= 0.3 is 0 Å². The van der Waals surface area contributed by atoms with Gasteiger partial charge in [-0.05, 0) is 47.1 Å². The minimum absolute atomic E-state index is 0.916. The summed E-state index contributed by atoms with van der Waals surface area (Å²) in [5, 5.41) is 3.27. The third-order valence-electron chi connectivity index (χ3n) is 2.56. The molecule has 0 heterocycles. The Morgan fingerprint density at radius 2 is 1.86 bits per heavy atom. The van der Waals surface area contributed by atoms with Gasteiger partial charge in [-0.3, -0.25) is 0 Å². The average Bonchev–Trinajstić information content (AvgIpc) is 2.18. The fourth-order valence-electron chi connectivity index (χ4n) is 1.49. The molecule has 2 heteroatoms. The third kappa shape index (κ3) is 2.74. The summed E-state index contributed by atoms with van der Waals surface area (Å²) in [6, 6.07) is 4.37. The van der Waals surface area contributed by atoms with E-state index in [-0.39, 0.29) is 0 Å². The number of rotatable bonds is 3. The van der Waals surface area contributed by atoms with Crippen LogP contribution in [0.1, 0.15) is 22.3 Å². The fraction of sp³-hybridized carbons (Fsp3) is 0.333. The second kappa shape index (κ2) is 5.39. The van der Waals surface area contributed by atoms with Gasteiger partial charge in [-0.1, -0.05) is 34.7 Å². The van der Waals surface area contributed by atoms with Gasteiger partial charge < -0.3 is 5.32 Å². The van der Waals surface area contributed by atoms with Gasteiger partial charge in [0.1, 0.15) is 0 Å². The van der Waals surface area contributed by atoms with Crippen LogP contribution < -0.4 is 5.32 Å². The van der Waals surface area contributed by atoms with E-state index in [0.29, 0.717) is 0 Å². The van der Waals surface area contributed by atoms with Crippen molar-refractivity contribution in [2.24, 2.45) is 0 Å². The highest BCUT2D eigenvalue weighted by molar-refractivity contribution is 14.1. The van der Waals surface area contributed by atoms with Crippen LogP contribution in [0.5, 0.6) is 0 Å². The molecule has 0 bridgehead atoms. The lowest BCUT2D eigenvalue weighted by Gasteiger charge is -2.12. The summed E-state index contributed by atoms with van der Waals surface area (Å²) < 4.78 is 1.98. The number of hydrogen-bond donors (Lipinski definition) is 1. The van der Waals surface area contributed by atoms with Crippen LogP contribution in [0.4, 0.5) is 0 Å². The molecule has 0 aliphatic rings. The predicted octanol–water partition coefficient (Wildman–Crippen LogP) is 3.61. The van der Waals surface area contributed by atoms with Crippen molar-refractivity contribution in [2.75, 3.05) is 0 Å². The van der Waals surface area contributed by atoms with Crippen molar-refractivity contribution in [2.45, 2.75) is 27.3 Å². The van der Waals surface area contributed by atoms with Crippen molar-refractivity contribution >= 4 is 22.6 Å². The minimum Gasteiger partial charge on any atom is -0.386 e. The molecule has 0 aromatic heterocycles. The molecular weight excluding hydrogens is 285 g/mol. The largest absolute Gasteiger partial charge is 0.386 e. The van der Waals surface area contributed by atoms with Crippen molar-refractivity contribution in [3.8, 4) is 0 Å². The molecule has 0 saturated carbocycles. The van der Waals surface area contributed by atoms with Crippen LogP contribution in [0.15, 0.2) is 22.4 Å². The Bertz CT molecular complexity index is 342. The SMILES string of the molecule is Cc1ccc(C)c(CN/C=C/I)c1C. The standard InChI is InChI=1S/C12H16IN/c1-9-4-5-10(2)12(11(9)3)8-14-7-6-13/h4-7,14H,8H2,1-3H3/b7-6+. The maximum absolute atomic E-state index is 3.27. The summed E-state index contributed by atoms with van der Waals surface area (Å²) in [7, 11) is 0. The Hall–Kier alpha value is -0.510. The molecule has 0 saturated heterocycles. The Kier molecular flexibility index (Phi) is 4.45. The van der Waals surface area contributed by atoms with Crippen molar-refractivity contribution in [3.63, 3.8) is 0 Å². The van der Waals surface area contributed by atoms with Gasteiger partial charge in [0.15, 0.2) is 0 Å². The second-order valence-electron chi connectivity index (χ2n) is 3.48. The molecule has 1 aromatic rings. The monoisotopic (exact) mass is 301 g/mol. The number of aryl methyl sites for hydroxylation is 2. The van der Waals surface area contributed by atoms with E-state index >= 15 is 0 Å². The molecule has 1 rings (SSSR count). The molecule has 14 heavy (non-hydrogen) atoms. The van der Waals surface area contributed by atoms with Gasteiger partial charge in [0, 0.05) is 12.7 Å². The highest BCUT2D eigenvalue weighted by atomic mass is 127. The third-order valence-corrected chi connectivity index (χ3v) is 2.92. The molecule has 0 spiro atoms. The van der Waals surface area contributed by atoms with Crippen LogP contribution in [-0.2, 0) is 6.54 Å². The van der Waals surface area contributed by atoms with E-state index < -0.39 is 0 Å². The zero-order valence-corrected chi connectivity index (χ0v) is 11.1. The van der Waals surface area contributed by atoms with Crippen LogP contribution in [0.3, 0.4) is 0 Å². The van der Waals surface area contributed by atoms with Crippen LogP contribution in [0.2, 0.25) is 0 Å². The summed E-state index contributed by atoms with van der Waals surface area (Å²) in [6.45, 7) is 7.43. The number of benzene rings is 1. The lowest BCUT2D eigenvalue weighted by Crippen LogP contribution is -2.08. The maximum Gasteiger partial charge on any atom is 0.0400 e. The quantitative estimate of drug-likeness (QED) is 0.841. The molecular formula is C12H16IN. The molecule has 76 valence electrons. The Morgan fingerprint density at radius 1 is 1.21 bits per heavy atom. The van der Waals surface area contributed by atoms with Crippen molar-refractivity contribution in [1.82, 2.24) is 5.32 Å². The molecule has 0 aliphatic heterocycles. The summed E-state index contributed by atoms with van der Waals surface area (Å²) in [5.41, 5.74) is 5.55. The second-order valence-corrected chi connectivity index (χ2v) is 4.20. The van der Waals surface area contributed by atoms with Crippen LogP contribution in [0.25, 0.3) is 0 Å². The number of halogens is 1. The maximum atomic E-state index is 3.27. The lowest BCUT2D eigenvalue weighted by atomic mass is 9.98. The summed E-state index contributed by atoms with van der Waals surface area (Å²) in [5.74, 6) is 0. The molecule has 1 aromatic carbocycles. The molecule has 0 amide bonds. The van der Waals surface area contributed by atoms with E-state index in [0.717, 1.165) is 6.54 Å². The number of hydrogen-bond acceptors (Lipinski definition) is 1. The van der Waals surface area contributed by atoms with E-state index in [1.54, 1.807) is 0 Å². The molecule has 0 radical (unpaired) electrons.